The lowest BCUT2D eigenvalue weighted by Gasteiger charge is -2.25. The van der Waals surface area contributed by atoms with Crippen LogP contribution in [0.25, 0.3) is 10.9 Å². The Labute approximate surface area is 145 Å². The maximum Gasteiger partial charge on any atom is 0.254 e. The predicted octanol–water partition coefficient (Wildman–Crippen LogP) is 2.45. The highest BCUT2D eigenvalue weighted by Crippen LogP contribution is 2.34. The second-order valence-electron chi connectivity index (χ2n) is 6.73. The molecule has 1 amide bonds. The third kappa shape index (κ3) is 2.28. The minimum Gasteiger partial charge on any atom is -0.361 e. The molecule has 0 bridgehead atoms. The van der Waals surface area contributed by atoms with Gasteiger partial charge in [0, 0.05) is 48.1 Å². The van der Waals surface area contributed by atoms with E-state index < -0.39 is 0 Å². The fourth-order valence-corrected chi connectivity index (χ4v) is 4.28. The van der Waals surface area contributed by atoms with Crippen LogP contribution in [0.3, 0.4) is 0 Å². The zero-order chi connectivity index (χ0) is 16.8. The van der Waals surface area contributed by atoms with Gasteiger partial charge in [0.2, 0.25) is 5.95 Å². The van der Waals surface area contributed by atoms with E-state index in [9.17, 15) is 4.79 Å². The number of carbonyl (C=O) groups excluding carboxylic acids is 1. The van der Waals surface area contributed by atoms with Crippen LogP contribution in [-0.2, 0) is 0 Å². The molecule has 2 atom stereocenters. The number of rotatable bonds is 2. The summed E-state index contributed by atoms with van der Waals surface area (Å²) in [6.45, 7) is 1.70. The number of anilines is 1. The molecule has 0 aliphatic carbocycles. The summed E-state index contributed by atoms with van der Waals surface area (Å²) in [5, 5.41) is 1.08. The molecule has 2 aliphatic rings. The van der Waals surface area contributed by atoms with Gasteiger partial charge in [-0.3, -0.25) is 4.79 Å². The van der Waals surface area contributed by atoms with Crippen molar-refractivity contribution < 1.29 is 4.79 Å². The van der Waals surface area contributed by atoms with E-state index in [-0.39, 0.29) is 11.9 Å². The first kappa shape index (κ1) is 14.5. The molecule has 2 aromatic heterocycles. The average molecular weight is 333 g/mol. The summed E-state index contributed by atoms with van der Waals surface area (Å²) in [4.78, 5) is 29.3. The Morgan fingerprint density at radius 3 is 2.80 bits per heavy atom. The van der Waals surface area contributed by atoms with E-state index in [2.05, 4.69) is 19.9 Å². The number of aromatic amines is 1. The molecule has 2 aliphatic heterocycles. The minimum atomic E-state index is 0.131. The Balaban J connectivity index is 1.40. The lowest BCUT2D eigenvalue weighted by Crippen LogP contribution is -2.40. The number of likely N-dealkylation sites (tertiary alicyclic amines) is 1. The Morgan fingerprint density at radius 1 is 1.08 bits per heavy atom. The summed E-state index contributed by atoms with van der Waals surface area (Å²) in [5.41, 5.74) is 1.83. The third-order valence-electron chi connectivity index (χ3n) is 5.45. The van der Waals surface area contributed by atoms with E-state index >= 15 is 0 Å². The number of nitrogens with one attached hydrogen (secondary N) is 1. The summed E-state index contributed by atoms with van der Waals surface area (Å²) in [7, 11) is 0. The molecule has 2 fully saturated rings. The van der Waals surface area contributed by atoms with Gasteiger partial charge in [0.1, 0.15) is 0 Å². The van der Waals surface area contributed by atoms with Crippen molar-refractivity contribution in [1.29, 1.82) is 0 Å². The fourth-order valence-electron chi connectivity index (χ4n) is 4.28. The number of aromatic nitrogens is 3. The molecule has 2 saturated heterocycles. The predicted molar refractivity (Wildman–Crippen MR) is 95.5 cm³/mol. The van der Waals surface area contributed by atoms with Gasteiger partial charge in [-0.25, -0.2) is 9.97 Å². The molecule has 0 spiro atoms. The van der Waals surface area contributed by atoms with Crippen molar-refractivity contribution in [3.05, 3.63) is 54.5 Å². The van der Waals surface area contributed by atoms with Crippen LogP contribution in [0.15, 0.2) is 48.9 Å². The SMILES string of the molecule is O=C(c1ccc2[nH]ccc2c1)N1CC[C@@H]2[C@@H]1CCN2c1ncccn1. The molecule has 6 heteroatoms. The number of amides is 1. The van der Waals surface area contributed by atoms with Crippen molar-refractivity contribution in [3.8, 4) is 0 Å². The van der Waals surface area contributed by atoms with Crippen molar-refractivity contribution >= 4 is 22.8 Å². The molecule has 6 nitrogen and oxygen atoms in total. The molecule has 4 heterocycles. The van der Waals surface area contributed by atoms with Crippen LogP contribution in [0.2, 0.25) is 0 Å². The molecular formula is C19H19N5O. The summed E-state index contributed by atoms with van der Waals surface area (Å²) >= 11 is 0. The normalized spacial score (nSPS) is 22.6. The molecule has 126 valence electrons. The highest BCUT2D eigenvalue weighted by molar-refractivity contribution is 5.98. The summed E-state index contributed by atoms with van der Waals surface area (Å²) in [6.07, 6.45) is 7.40. The number of hydrogen-bond donors (Lipinski definition) is 1. The molecule has 5 rings (SSSR count). The van der Waals surface area contributed by atoms with Crippen LogP contribution >= 0.6 is 0 Å². The van der Waals surface area contributed by atoms with E-state index in [0.29, 0.717) is 6.04 Å². The molecule has 3 aromatic rings. The summed E-state index contributed by atoms with van der Waals surface area (Å²) < 4.78 is 0. The number of H-pyrrole nitrogens is 1. The van der Waals surface area contributed by atoms with Crippen LogP contribution in [0.5, 0.6) is 0 Å². The van der Waals surface area contributed by atoms with Crippen molar-refractivity contribution in [2.75, 3.05) is 18.0 Å². The lowest BCUT2D eigenvalue weighted by atomic mass is 10.1. The molecular weight excluding hydrogens is 314 g/mol. The first-order valence-electron chi connectivity index (χ1n) is 8.73. The zero-order valence-electron chi connectivity index (χ0n) is 13.8. The Bertz CT molecular complexity index is 922. The minimum absolute atomic E-state index is 0.131. The van der Waals surface area contributed by atoms with Crippen molar-refractivity contribution in [2.24, 2.45) is 0 Å². The molecule has 0 saturated carbocycles. The first-order valence-corrected chi connectivity index (χ1v) is 8.73. The largest absolute Gasteiger partial charge is 0.361 e. The molecule has 0 unspecified atom stereocenters. The van der Waals surface area contributed by atoms with Gasteiger partial charge in [0.05, 0.1) is 12.1 Å². The summed E-state index contributed by atoms with van der Waals surface area (Å²) in [5.74, 6) is 0.907. The van der Waals surface area contributed by atoms with Gasteiger partial charge in [-0.05, 0) is 43.2 Å². The van der Waals surface area contributed by atoms with Gasteiger partial charge in [-0.1, -0.05) is 0 Å². The van der Waals surface area contributed by atoms with E-state index in [4.69, 9.17) is 0 Å². The van der Waals surface area contributed by atoms with Crippen LogP contribution in [0.1, 0.15) is 23.2 Å². The van der Waals surface area contributed by atoms with Crippen LogP contribution in [0.4, 0.5) is 5.95 Å². The Hall–Kier alpha value is -2.89. The lowest BCUT2D eigenvalue weighted by molar-refractivity contribution is 0.0737. The number of hydrogen-bond acceptors (Lipinski definition) is 4. The highest BCUT2D eigenvalue weighted by Gasteiger charge is 2.45. The Kier molecular flexibility index (Phi) is 3.23. The molecule has 25 heavy (non-hydrogen) atoms. The number of fused-ring (bicyclic) bond motifs is 2. The quantitative estimate of drug-likeness (QED) is 0.782. The maximum absolute atomic E-state index is 13.1. The van der Waals surface area contributed by atoms with Gasteiger partial charge in [-0.2, -0.15) is 0 Å². The van der Waals surface area contributed by atoms with E-state index in [0.717, 1.165) is 48.3 Å². The molecule has 1 aromatic carbocycles. The summed E-state index contributed by atoms with van der Waals surface area (Å²) in [6, 6.07) is 10.3. The smallest absolute Gasteiger partial charge is 0.254 e. The monoisotopic (exact) mass is 333 g/mol. The van der Waals surface area contributed by atoms with Gasteiger partial charge in [-0.15, -0.1) is 0 Å². The van der Waals surface area contributed by atoms with Crippen LogP contribution in [-0.4, -0.2) is 50.9 Å². The Morgan fingerprint density at radius 2 is 1.92 bits per heavy atom. The maximum atomic E-state index is 13.1. The molecule has 1 N–H and O–H groups in total. The fraction of sp³-hybridized carbons (Fsp3) is 0.316. The second-order valence-corrected chi connectivity index (χ2v) is 6.73. The first-order chi connectivity index (χ1) is 12.3. The average Bonchev–Trinajstić information content (AvgIpc) is 3.37. The van der Waals surface area contributed by atoms with Crippen molar-refractivity contribution in [2.45, 2.75) is 24.9 Å². The van der Waals surface area contributed by atoms with E-state index in [1.807, 2.05) is 41.4 Å². The highest BCUT2D eigenvalue weighted by atomic mass is 16.2. The van der Waals surface area contributed by atoms with Crippen molar-refractivity contribution in [1.82, 2.24) is 19.9 Å². The van der Waals surface area contributed by atoms with Gasteiger partial charge >= 0.3 is 0 Å². The zero-order valence-corrected chi connectivity index (χ0v) is 13.8. The van der Waals surface area contributed by atoms with Gasteiger partial charge in [0.15, 0.2) is 0 Å². The topological polar surface area (TPSA) is 65.1 Å². The third-order valence-corrected chi connectivity index (χ3v) is 5.45. The van der Waals surface area contributed by atoms with E-state index in [1.165, 1.54) is 0 Å². The van der Waals surface area contributed by atoms with E-state index in [1.54, 1.807) is 12.4 Å². The number of benzene rings is 1. The second kappa shape index (κ2) is 5.58. The van der Waals surface area contributed by atoms with Crippen molar-refractivity contribution in [3.63, 3.8) is 0 Å². The number of nitrogens with zero attached hydrogens (tertiary/aromatic N) is 4. The molecule has 0 radical (unpaired) electrons. The van der Waals surface area contributed by atoms with Gasteiger partial charge in [0.25, 0.3) is 5.91 Å². The number of carbonyl (C=O) groups is 1. The van der Waals surface area contributed by atoms with Crippen LogP contribution in [0, 0.1) is 0 Å². The standard InChI is InChI=1S/C19H19N5O/c25-18(14-2-3-15-13(12-14)4-9-20-15)23-10-5-17-16(23)6-11-24(17)19-21-7-1-8-22-19/h1-4,7-9,12,16-17,20H,5-6,10-11H2/t16-,17+/m0/s1. The van der Waals surface area contributed by atoms with Crippen LogP contribution < -0.4 is 4.90 Å². The van der Waals surface area contributed by atoms with Gasteiger partial charge < -0.3 is 14.8 Å².